The van der Waals surface area contributed by atoms with E-state index in [1.807, 2.05) is 0 Å². The lowest BCUT2D eigenvalue weighted by molar-refractivity contribution is 0.423. The SMILES string of the molecule is Fc1c(F)c(CC2CCCN2)c(F)c(F)c1Br. The van der Waals surface area contributed by atoms with Crippen molar-refractivity contribution < 1.29 is 17.6 Å². The Morgan fingerprint density at radius 3 is 2.12 bits per heavy atom. The van der Waals surface area contributed by atoms with Gasteiger partial charge in [0.2, 0.25) is 0 Å². The largest absolute Gasteiger partial charge is 0.314 e. The molecule has 0 aliphatic carbocycles. The first-order chi connectivity index (χ1) is 8.02. The lowest BCUT2D eigenvalue weighted by atomic mass is 10.0. The third kappa shape index (κ3) is 2.33. The number of halogens is 5. The van der Waals surface area contributed by atoms with E-state index in [0.717, 1.165) is 19.4 Å². The second kappa shape index (κ2) is 4.94. The quantitative estimate of drug-likeness (QED) is 0.502. The summed E-state index contributed by atoms with van der Waals surface area (Å²) in [6.45, 7) is 0.759. The zero-order valence-corrected chi connectivity index (χ0v) is 10.4. The summed E-state index contributed by atoms with van der Waals surface area (Å²) in [6.07, 6.45) is 1.60. The summed E-state index contributed by atoms with van der Waals surface area (Å²) in [4.78, 5) is 0. The molecule has 17 heavy (non-hydrogen) atoms. The van der Waals surface area contributed by atoms with Crippen LogP contribution in [-0.4, -0.2) is 12.6 Å². The van der Waals surface area contributed by atoms with Crippen molar-refractivity contribution in [2.45, 2.75) is 25.3 Å². The fourth-order valence-electron chi connectivity index (χ4n) is 2.01. The monoisotopic (exact) mass is 311 g/mol. The van der Waals surface area contributed by atoms with Crippen molar-refractivity contribution >= 4 is 15.9 Å². The van der Waals surface area contributed by atoms with Crippen LogP contribution >= 0.6 is 15.9 Å². The first-order valence-electron chi connectivity index (χ1n) is 5.26. The minimum absolute atomic E-state index is 0.0429. The Labute approximate surface area is 104 Å². The predicted molar refractivity (Wildman–Crippen MR) is 58.7 cm³/mol. The first kappa shape index (κ1) is 12.8. The van der Waals surface area contributed by atoms with E-state index in [4.69, 9.17) is 0 Å². The minimum atomic E-state index is -1.38. The normalized spacial score (nSPS) is 19.9. The van der Waals surface area contributed by atoms with Gasteiger partial charge >= 0.3 is 0 Å². The second-order valence-corrected chi connectivity index (χ2v) is 4.84. The summed E-state index contributed by atoms with van der Waals surface area (Å²) in [6, 6.07) is -0.126. The first-order valence-corrected chi connectivity index (χ1v) is 6.05. The van der Waals surface area contributed by atoms with Crippen LogP contribution in [0.2, 0.25) is 0 Å². The molecule has 1 heterocycles. The lowest BCUT2D eigenvalue weighted by Gasteiger charge is -2.13. The Balaban J connectivity index is 2.38. The van der Waals surface area contributed by atoms with Crippen molar-refractivity contribution in [3.63, 3.8) is 0 Å². The molecule has 1 aromatic rings. The third-order valence-electron chi connectivity index (χ3n) is 2.91. The van der Waals surface area contributed by atoms with Gasteiger partial charge in [0.25, 0.3) is 0 Å². The van der Waals surface area contributed by atoms with Gasteiger partial charge in [-0.3, -0.25) is 0 Å². The summed E-state index contributed by atoms with van der Waals surface area (Å²) >= 11 is 2.48. The smallest absolute Gasteiger partial charge is 0.176 e. The molecule has 1 nitrogen and oxygen atoms in total. The molecule has 1 saturated heterocycles. The van der Waals surface area contributed by atoms with Crippen LogP contribution in [0.25, 0.3) is 0 Å². The summed E-state index contributed by atoms with van der Waals surface area (Å²) in [5.41, 5.74) is -0.525. The molecule has 94 valence electrons. The van der Waals surface area contributed by atoms with Crippen LogP contribution in [-0.2, 0) is 6.42 Å². The van der Waals surface area contributed by atoms with E-state index in [1.165, 1.54) is 0 Å². The molecule has 1 aliphatic heterocycles. The Bertz CT molecular complexity index is 415. The van der Waals surface area contributed by atoms with Crippen LogP contribution in [0.15, 0.2) is 4.47 Å². The van der Waals surface area contributed by atoms with E-state index in [2.05, 4.69) is 21.2 Å². The number of nitrogens with one attached hydrogen (secondary N) is 1. The van der Waals surface area contributed by atoms with Gasteiger partial charge in [-0.05, 0) is 41.7 Å². The van der Waals surface area contributed by atoms with Crippen molar-refractivity contribution in [3.8, 4) is 0 Å². The van der Waals surface area contributed by atoms with Gasteiger partial charge in [0.05, 0.1) is 4.47 Å². The van der Waals surface area contributed by atoms with Gasteiger partial charge < -0.3 is 5.32 Å². The maximum atomic E-state index is 13.5. The Morgan fingerprint density at radius 2 is 1.65 bits per heavy atom. The van der Waals surface area contributed by atoms with Crippen molar-refractivity contribution in [3.05, 3.63) is 33.3 Å². The topological polar surface area (TPSA) is 12.0 Å². The standard InChI is InChI=1S/C11H10BrF4N/c12-7-10(15)8(13)6(9(14)11(7)16)4-5-2-1-3-17-5/h5,17H,1-4H2. The van der Waals surface area contributed by atoms with E-state index in [9.17, 15) is 17.6 Å². The molecular weight excluding hydrogens is 302 g/mol. The molecule has 1 fully saturated rings. The molecule has 0 amide bonds. The highest BCUT2D eigenvalue weighted by Crippen LogP contribution is 2.29. The van der Waals surface area contributed by atoms with E-state index < -0.39 is 33.3 Å². The maximum Gasteiger partial charge on any atom is 0.176 e. The van der Waals surface area contributed by atoms with Crippen molar-refractivity contribution in [2.24, 2.45) is 0 Å². The van der Waals surface area contributed by atoms with Crippen LogP contribution in [0, 0.1) is 23.3 Å². The van der Waals surface area contributed by atoms with Crippen molar-refractivity contribution in [2.75, 3.05) is 6.54 Å². The Kier molecular flexibility index (Phi) is 3.73. The summed E-state index contributed by atoms with van der Waals surface area (Å²) in [5.74, 6) is -5.39. The molecule has 0 spiro atoms. The molecule has 1 unspecified atom stereocenters. The number of rotatable bonds is 2. The predicted octanol–water partition coefficient (Wildman–Crippen LogP) is 3.30. The van der Waals surface area contributed by atoms with Gasteiger partial charge in [-0.1, -0.05) is 0 Å². The Hall–Kier alpha value is -0.620. The highest BCUT2D eigenvalue weighted by molar-refractivity contribution is 9.10. The summed E-state index contributed by atoms with van der Waals surface area (Å²) < 4.78 is 52.8. The number of benzene rings is 1. The fraction of sp³-hybridized carbons (Fsp3) is 0.455. The van der Waals surface area contributed by atoms with E-state index in [0.29, 0.717) is 0 Å². The van der Waals surface area contributed by atoms with Crippen LogP contribution in [0.5, 0.6) is 0 Å². The molecule has 1 aromatic carbocycles. The van der Waals surface area contributed by atoms with Gasteiger partial charge in [-0.25, -0.2) is 17.6 Å². The van der Waals surface area contributed by atoms with Crippen LogP contribution in [0.1, 0.15) is 18.4 Å². The highest BCUT2D eigenvalue weighted by Gasteiger charge is 2.26. The average Bonchev–Trinajstić information content (AvgIpc) is 2.82. The van der Waals surface area contributed by atoms with Crippen LogP contribution in [0.3, 0.4) is 0 Å². The zero-order valence-electron chi connectivity index (χ0n) is 8.80. The van der Waals surface area contributed by atoms with Gasteiger partial charge in [-0.15, -0.1) is 0 Å². The molecular formula is C11H10BrF4N. The van der Waals surface area contributed by atoms with Gasteiger partial charge in [-0.2, -0.15) is 0 Å². The Morgan fingerprint density at radius 1 is 1.06 bits per heavy atom. The zero-order chi connectivity index (χ0) is 12.6. The molecule has 0 saturated carbocycles. The molecule has 0 aromatic heterocycles. The number of hydrogen-bond acceptors (Lipinski definition) is 1. The van der Waals surface area contributed by atoms with E-state index >= 15 is 0 Å². The molecule has 2 rings (SSSR count). The fourth-order valence-corrected chi connectivity index (χ4v) is 2.36. The molecule has 0 radical (unpaired) electrons. The summed E-state index contributed by atoms with van der Waals surface area (Å²) in [7, 11) is 0. The average molecular weight is 312 g/mol. The maximum absolute atomic E-state index is 13.5. The number of hydrogen-bond donors (Lipinski definition) is 1. The van der Waals surface area contributed by atoms with Crippen LogP contribution < -0.4 is 5.32 Å². The molecule has 1 N–H and O–H groups in total. The van der Waals surface area contributed by atoms with Gasteiger partial charge in [0.15, 0.2) is 23.3 Å². The minimum Gasteiger partial charge on any atom is -0.314 e. The van der Waals surface area contributed by atoms with E-state index in [-0.39, 0.29) is 12.5 Å². The van der Waals surface area contributed by atoms with Gasteiger partial charge in [0, 0.05) is 11.6 Å². The van der Waals surface area contributed by atoms with Gasteiger partial charge in [0.1, 0.15) is 0 Å². The highest BCUT2D eigenvalue weighted by atomic mass is 79.9. The molecule has 6 heteroatoms. The molecule has 0 bridgehead atoms. The molecule has 1 aliphatic rings. The summed E-state index contributed by atoms with van der Waals surface area (Å²) in [5, 5.41) is 3.02. The van der Waals surface area contributed by atoms with E-state index in [1.54, 1.807) is 0 Å². The third-order valence-corrected chi connectivity index (χ3v) is 3.61. The second-order valence-electron chi connectivity index (χ2n) is 4.05. The lowest BCUT2D eigenvalue weighted by Crippen LogP contribution is -2.25. The van der Waals surface area contributed by atoms with Crippen LogP contribution in [0.4, 0.5) is 17.6 Å². The van der Waals surface area contributed by atoms with Crippen molar-refractivity contribution in [1.82, 2.24) is 5.32 Å². The molecule has 1 atom stereocenters. The van der Waals surface area contributed by atoms with Crippen molar-refractivity contribution in [1.29, 1.82) is 0 Å².